The minimum Gasteiger partial charge on any atom is -0.429 e. The Morgan fingerprint density at radius 2 is 1.04 bits per heavy atom. The fourth-order valence-corrected chi connectivity index (χ4v) is 5.07. The predicted octanol–water partition coefficient (Wildman–Crippen LogP) is 11.8. The number of halogens is 10. The Labute approximate surface area is 274 Å². The van der Waals surface area contributed by atoms with Crippen molar-refractivity contribution in [3.05, 3.63) is 143 Å². The van der Waals surface area contributed by atoms with Gasteiger partial charge in [-0.1, -0.05) is 44.0 Å². The van der Waals surface area contributed by atoms with E-state index in [1.165, 1.54) is 30.3 Å². The highest BCUT2D eigenvalue weighted by molar-refractivity contribution is 5.72. The van der Waals surface area contributed by atoms with Gasteiger partial charge in [0.2, 0.25) is 0 Å². The van der Waals surface area contributed by atoms with Crippen LogP contribution in [0.2, 0.25) is 0 Å². The van der Waals surface area contributed by atoms with Gasteiger partial charge in [0.05, 0.1) is 5.56 Å². The number of hydrogen-bond donors (Lipinski definition) is 0. The fourth-order valence-electron chi connectivity index (χ4n) is 5.07. The first-order valence-corrected chi connectivity index (χ1v) is 15.0. The molecule has 5 aromatic carbocycles. The molecule has 0 spiro atoms. The molecule has 5 aromatic rings. The van der Waals surface area contributed by atoms with Gasteiger partial charge in [0.1, 0.15) is 34.5 Å². The van der Waals surface area contributed by atoms with E-state index in [1.807, 2.05) is 6.92 Å². The molecule has 0 radical (unpaired) electrons. The highest BCUT2D eigenvalue weighted by atomic mass is 19.3. The molecule has 0 heterocycles. The molecule has 0 unspecified atom stereocenters. The van der Waals surface area contributed by atoms with Crippen LogP contribution in [0.15, 0.2) is 91.0 Å². The summed E-state index contributed by atoms with van der Waals surface area (Å²) in [6.45, 7) is 2.04. The van der Waals surface area contributed by atoms with Gasteiger partial charge in [-0.25, -0.2) is 26.3 Å². The number of alkyl halides is 4. The van der Waals surface area contributed by atoms with Gasteiger partial charge in [-0.15, -0.1) is 0 Å². The van der Waals surface area contributed by atoms with Crippen LogP contribution in [0.4, 0.5) is 43.9 Å². The fraction of sp³-hybridized carbons (Fsp3) is 0.189. The van der Waals surface area contributed by atoms with Crippen LogP contribution < -0.4 is 9.47 Å². The van der Waals surface area contributed by atoms with Crippen LogP contribution >= 0.6 is 0 Å². The first kappa shape index (κ1) is 35.3. The third kappa shape index (κ3) is 8.01. The Morgan fingerprint density at radius 3 is 1.63 bits per heavy atom. The van der Waals surface area contributed by atoms with Gasteiger partial charge in [-0.05, 0) is 84.1 Å². The average molecular weight is 693 g/mol. The van der Waals surface area contributed by atoms with Gasteiger partial charge < -0.3 is 9.47 Å². The summed E-state index contributed by atoms with van der Waals surface area (Å²) in [7, 11) is 0. The van der Waals surface area contributed by atoms with Crippen molar-refractivity contribution in [1.82, 2.24) is 0 Å². The second kappa shape index (κ2) is 14.2. The summed E-state index contributed by atoms with van der Waals surface area (Å²) in [6.07, 6.45) is -4.71. The standard InChI is InChI=1S/C37H26F10O2/c1-2-3-4-5-21-6-9-24(10-7-21)36(44,45)48-26-12-15-29(32(40)20-26)37(46,47)49-25-11-14-27(31(39)19-25)22-8-13-28(30(38)16-22)23-17-33(41)35(43)34(42)18-23/h6-20H,2-5H2,1H3. The smallest absolute Gasteiger partial charge is 0.429 e. The molecule has 0 saturated heterocycles. The van der Waals surface area contributed by atoms with E-state index >= 15 is 0 Å². The first-order valence-electron chi connectivity index (χ1n) is 15.0. The molecule has 256 valence electrons. The van der Waals surface area contributed by atoms with Crippen LogP contribution in [0, 0.1) is 34.9 Å². The minimum absolute atomic E-state index is 0.0959. The lowest BCUT2D eigenvalue weighted by Crippen LogP contribution is -2.24. The van der Waals surface area contributed by atoms with Crippen molar-refractivity contribution in [1.29, 1.82) is 0 Å². The maximum atomic E-state index is 15.0. The first-order chi connectivity index (χ1) is 23.2. The van der Waals surface area contributed by atoms with Crippen molar-refractivity contribution in [2.24, 2.45) is 0 Å². The monoisotopic (exact) mass is 692 g/mol. The van der Waals surface area contributed by atoms with E-state index in [0.717, 1.165) is 49.1 Å². The summed E-state index contributed by atoms with van der Waals surface area (Å²) in [6, 6.07) is 13.5. The summed E-state index contributed by atoms with van der Waals surface area (Å²) in [5.74, 6) is -10.2. The summed E-state index contributed by atoms with van der Waals surface area (Å²) in [5, 5.41) is 0. The molecular weight excluding hydrogens is 666 g/mol. The van der Waals surface area contributed by atoms with Crippen LogP contribution in [0.3, 0.4) is 0 Å². The largest absolute Gasteiger partial charge is 0.429 e. The molecular formula is C37H26F10O2. The zero-order valence-corrected chi connectivity index (χ0v) is 25.6. The van der Waals surface area contributed by atoms with Crippen LogP contribution in [0.1, 0.15) is 42.9 Å². The lowest BCUT2D eigenvalue weighted by Gasteiger charge is -2.21. The van der Waals surface area contributed by atoms with E-state index in [2.05, 4.69) is 9.47 Å². The molecule has 0 atom stereocenters. The Bertz CT molecular complexity index is 1940. The van der Waals surface area contributed by atoms with Crippen LogP contribution in [-0.4, -0.2) is 0 Å². The molecule has 0 fully saturated rings. The van der Waals surface area contributed by atoms with Gasteiger partial charge >= 0.3 is 12.2 Å². The average Bonchev–Trinajstić information content (AvgIpc) is 3.03. The Kier molecular flexibility index (Phi) is 10.3. The predicted molar refractivity (Wildman–Crippen MR) is 162 cm³/mol. The number of hydrogen-bond acceptors (Lipinski definition) is 2. The molecule has 0 aliphatic heterocycles. The number of rotatable bonds is 12. The molecule has 0 aliphatic carbocycles. The number of aryl methyl sites for hydroxylation is 1. The van der Waals surface area contributed by atoms with Crippen LogP contribution in [0.25, 0.3) is 22.3 Å². The van der Waals surface area contributed by atoms with Crippen molar-refractivity contribution in [3.63, 3.8) is 0 Å². The molecule has 12 heteroatoms. The van der Waals surface area contributed by atoms with E-state index < -0.39 is 69.7 Å². The maximum Gasteiger partial charge on any atom is 0.429 e. The SMILES string of the molecule is CCCCCc1ccc(C(F)(F)Oc2ccc(C(F)(F)Oc3ccc(-c4ccc(-c5cc(F)c(F)c(F)c5)c(F)c4)c(F)c3)c(F)c2)cc1. The molecule has 0 N–H and O–H groups in total. The van der Waals surface area contributed by atoms with Crippen molar-refractivity contribution < 1.29 is 53.4 Å². The number of unbranched alkanes of at least 4 members (excludes halogenated alkanes) is 2. The van der Waals surface area contributed by atoms with Gasteiger partial charge in [-0.3, -0.25) is 0 Å². The third-order valence-electron chi connectivity index (χ3n) is 7.62. The zero-order chi connectivity index (χ0) is 35.5. The molecule has 5 rings (SSSR count). The topological polar surface area (TPSA) is 18.5 Å². The molecule has 49 heavy (non-hydrogen) atoms. The van der Waals surface area contributed by atoms with Crippen molar-refractivity contribution in [2.75, 3.05) is 0 Å². The highest BCUT2D eigenvalue weighted by Crippen LogP contribution is 2.39. The zero-order valence-electron chi connectivity index (χ0n) is 25.6. The van der Waals surface area contributed by atoms with Gasteiger partial charge in [-0.2, -0.15) is 17.6 Å². The Morgan fingerprint density at radius 1 is 0.510 bits per heavy atom. The second-order valence-electron chi connectivity index (χ2n) is 11.1. The van der Waals surface area contributed by atoms with Gasteiger partial charge in [0.15, 0.2) is 17.5 Å². The van der Waals surface area contributed by atoms with E-state index in [1.54, 1.807) is 0 Å². The minimum atomic E-state index is -4.40. The Hall–Kier alpha value is -5.00. The van der Waals surface area contributed by atoms with Gasteiger partial charge in [0.25, 0.3) is 0 Å². The third-order valence-corrected chi connectivity index (χ3v) is 7.62. The van der Waals surface area contributed by atoms with Gasteiger partial charge in [0, 0.05) is 23.3 Å². The van der Waals surface area contributed by atoms with E-state index in [4.69, 9.17) is 0 Å². The molecule has 0 bridgehead atoms. The van der Waals surface area contributed by atoms with Crippen molar-refractivity contribution in [3.8, 4) is 33.8 Å². The van der Waals surface area contributed by atoms with E-state index in [0.29, 0.717) is 42.8 Å². The molecule has 0 amide bonds. The molecule has 0 aliphatic rings. The number of benzene rings is 5. The lowest BCUT2D eigenvalue weighted by atomic mass is 9.99. The molecule has 0 aromatic heterocycles. The van der Waals surface area contributed by atoms with Crippen molar-refractivity contribution >= 4 is 0 Å². The summed E-state index contributed by atoms with van der Waals surface area (Å²) in [5.41, 5.74) is -2.04. The molecule has 2 nitrogen and oxygen atoms in total. The highest BCUT2D eigenvalue weighted by Gasteiger charge is 2.39. The second-order valence-corrected chi connectivity index (χ2v) is 11.1. The summed E-state index contributed by atoms with van der Waals surface area (Å²) in [4.78, 5) is 0. The van der Waals surface area contributed by atoms with Crippen LogP contribution in [-0.2, 0) is 18.6 Å². The van der Waals surface area contributed by atoms with E-state index in [9.17, 15) is 43.9 Å². The van der Waals surface area contributed by atoms with Crippen molar-refractivity contribution in [2.45, 2.75) is 44.8 Å². The molecule has 0 saturated carbocycles. The Balaban J connectivity index is 1.28. The van der Waals surface area contributed by atoms with Crippen LogP contribution in [0.5, 0.6) is 11.5 Å². The summed E-state index contributed by atoms with van der Waals surface area (Å²) >= 11 is 0. The quantitative estimate of drug-likeness (QED) is 0.0736. The van der Waals surface area contributed by atoms with E-state index in [-0.39, 0.29) is 22.3 Å². The normalized spacial score (nSPS) is 11.9. The lowest BCUT2D eigenvalue weighted by molar-refractivity contribution is -0.188. The summed E-state index contributed by atoms with van der Waals surface area (Å²) < 4.78 is 154. The maximum absolute atomic E-state index is 15.0. The number of ether oxygens (including phenoxy) is 2.